The predicted octanol–water partition coefficient (Wildman–Crippen LogP) is 7.03. The molecule has 0 aliphatic carbocycles. The first kappa shape index (κ1) is 29.6. The molecule has 2 N–H and O–H groups in total. The number of hydrogen-bond acceptors (Lipinski definition) is 4. The van der Waals surface area contributed by atoms with Gasteiger partial charge in [0.25, 0.3) is 0 Å². The normalized spacial score (nSPS) is 12.2. The summed E-state index contributed by atoms with van der Waals surface area (Å²) in [5, 5.41) is 5.70. The summed E-state index contributed by atoms with van der Waals surface area (Å²) in [7, 11) is 0. The molecule has 3 rings (SSSR count). The van der Waals surface area contributed by atoms with Gasteiger partial charge < -0.3 is 20.1 Å². The van der Waals surface area contributed by atoms with Crippen LogP contribution < -0.4 is 15.4 Å². The van der Waals surface area contributed by atoms with Crippen LogP contribution in [0, 0.1) is 11.7 Å². The van der Waals surface area contributed by atoms with Crippen LogP contribution in [-0.4, -0.2) is 24.5 Å². The van der Waals surface area contributed by atoms with E-state index in [4.69, 9.17) is 9.47 Å². The standard InChI is InChI=1S/C32H37FN2O4/c1-23(2)8-7-9-24(3)20-31(36)35-30(22-38-21-25-10-5-4-6-11-25)32(37)34-27-14-18-29(19-15-27)39-28-16-12-26(33)13-17-28/h4-6,8,10-19,24,30H,7,9,20-22H2,1-3H3,(H,34,37)(H,35,36)/t24-,30-/m0/s1. The summed E-state index contributed by atoms with van der Waals surface area (Å²) < 4.78 is 24.6. The fraction of sp³-hybridized carbons (Fsp3) is 0.312. The topological polar surface area (TPSA) is 76.7 Å². The minimum atomic E-state index is -0.860. The van der Waals surface area contributed by atoms with Gasteiger partial charge in [0.05, 0.1) is 13.2 Å². The number of rotatable bonds is 14. The van der Waals surface area contributed by atoms with Crippen molar-refractivity contribution in [3.8, 4) is 11.5 Å². The van der Waals surface area contributed by atoms with Gasteiger partial charge in [0, 0.05) is 12.1 Å². The molecule has 6 nitrogen and oxygen atoms in total. The quantitative estimate of drug-likeness (QED) is 0.219. The Balaban J connectivity index is 1.59. The number of carbonyl (C=O) groups is 2. The SMILES string of the molecule is CC(C)=CCC[C@H](C)CC(=O)N[C@@H](COCc1ccccc1)C(=O)Nc1ccc(Oc2ccc(F)cc2)cc1. The first-order valence-corrected chi connectivity index (χ1v) is 13.2. The van der Waals surface area contributed by atoms with Gasteiger partial charge in [0.2, 0.25) is 11.8 Å². The fourth-order valence-corrected chi connectivity index (χ4v) is 3.85. The van der Waals surface area contributed by atoms with E-state index in [-0.39, 0.29) is 30.2 Å². The van der Waals surface area contributed by atoms with Crippen molar-refractivity contribution < 1.29 is 23.5 Å². The van der Waals surface area contributed by atoms with Gasteiger partial charge in [0.1, 0.15) is 23.4 Å². The van der Waals surface area contributed by atoms with Gasteiger partial charge >= 0.3 is 0 Å². The lowest BCUT2D eigenvalue weighted by molar-refractivity contribution is -0.128. The Kier molecular flexibility index (Phi) is 11.7. The van der Waals surface area contributed by atoms with Gasteiger partial charge in [-0.3, -0.25) is 9.59 Å². The van der Waals surface area contributed by atoms with Crippen LogP contribution in [0.5, 0.6) is 11.5 Å². The molecule has 0 heterocycles. The molecule has 3 aromatic rings. The molecule has 0 fully saturated rings. The van der Waals surface area contributed by atoms with Crippen molar-refractivity contribution in [2.24, 2.45) is 5.92 Å². The highest BCUT2D eigenvalue weighted by molar-refractivity contribution is 5.97. The number of benzene rings is 3. The monoisotopic (exact) mass is 532 g/mol. The van der Waals surface area contributed by atoms with Crippen LogP contribution in [0.3, 0.4) is 0 Å². The lowest BCUT2D eigenvalue weighted by atomic mass is 10.0. The number of nitrogens with one attached hydrogen (secondary N) is 2. The number of ether oxygens (including phenoxy) is 2. The highest BCUT2D eigenvalue weighted by Crippen LogP contribution is 2.23. The molecule has 0 saturated heterocycles. The van der Waals surface area contributed by atoms with Crippen molar-refractivity contribution in [2.75, 3.05) is 11.9 Å². The zero-order valence-electron chi connectivity index (χ0n) is 22.8. The van der Waals surface area contributed by atoms with Crippen molar-refractivity contribution in [3.63, 3.8) is 0 Å². The van der Waals surface area contributed by atoms with Crippen LogP contribution in [0.1, 0.15) is 45.6 Å². The molecule has 7 heteroatoms. The van der Waals surface area contributed by atoms with E-state index < -0.39 is 6.04 Å². The molecule has 0 unspecified atom stereocenters. The summed E-state index contributed by atoms with van der Waals surface area (Å²) in [4.78, 5) is 25.9. The summed E-state index contributed by atoms with van der Waals surface area (Å²) in [6.07, 6.45) is 4.31. The average Bonchev–Trinajstić information content (AvgIpc) is 2.91. The molecule has 0 aliphatic heterocycles. The van der Waals surface area contributed by atoms with E-state index >= 15 is 0 Å². The van der Waals surface area contributed by atoms with E-state index in [0.717, 1.165) is 18.4 Å². The molecule has 39 heavy (non-hydrogen) atoms. The number of carbonyl (C=O) groups excluding carboxylic acids is 2. The van der Waals surface area contributed by atoms with Gasteiger partial charge in [-0.1, -0.05) is 48.9 Å². The van der Waals surface area contributed by atoms with E-state index in [9.17, 15) is 14.0 Å². The maximum Gasteiger partial charge on any atom is 0.249 e. The van der Waals surface area contributed by atoms with Crippen LogP contribution >= 0.6 is 0 Å². The van der Waals surface area contributed by atoms with E-state index in [1.807, 2.05) is 37.3 Å². The lowest BCUT2D eigenvalue weighted by Gasteiger charge is -2.20. The van der Waals surface area contributed by atoms with Crippen molar-refractivity contribution in [3.05, 3.63) is 102 Å². The third kappa shape index (κ3) is 11.1. The fourth-order valence-electron chi connectivity index (χ4n) is 3.85. The van der Waals surface area contributed by atoms with Gasteiger partial charge in [-0.15, -0.1) is 0 Å². The van der Waals surface area contributed by atoms with E-state index in [2.05, 4.69) is 30.6 Å². The summed E-state index contributed by atoms with van der Waals surface area (Å²) in [6, 6.07) is 21.3. The molecule has 0 aromatic heterocycles. The third-order valence-electron chi connectivity index (χ3n) is 5.96. The molecule has 206 valence electrons. The maximum absolute atomic E-state index is 13.2. The Morgan fingerprint density at radius 3 is 2.21 bits per heavy atom. The Hall–Kier alpha value is -3.97. The van der Waals surface area contributed by atoms with Crippen molar-refractivity contribution >= 4 is 17.5 Å². The number of hydrogen-bond donors (Lipinski definition) is 2. The molecule has 0 bridgehead atoms. The Bertz CT molecular complexity index is 1210. The molecule has 0 aliphatic rings. The zero-order chi connectivity index (χ0) is 28.0. The summed E-state index contributed by atoms with van der Waals surface area (Å²) in [6.45, 7) is 6.51. The minimum Gasteiger partial charge on any atom is -0.457 e. The maximum atomic E-state index is 13.2. The lowest BCUT2D eigenvalue weighted by Crippen LogP contribution is -2.47. The molecule has 3 aromatic carbocycles. The van der Waals surface area contributed by atoms with Crippen molar-refractivity contribution in [1.29, 1.82) is 0 Å². The van der Waals surface area contributed by atoms with Crippen LogP contribution in [0.2, 0.25) is 0 Å². The molecular formula is C32H37FN2O4. The van der Waals surface area contributed by atoms with Crippen molar-refractivity contribution in [1.82, 2.24) is 5.32 Å². The molecule has 2 atom stereocenters. The first-order chi connectivity index (χ1) is 18.8. The van der Waals surface area contributed by atoms with Gasteiger partial charge in [-0.25, -0.2) is 4.39 Å². The second-order valence-corrected chi connectivity index (χ2v) is 9.86. The number of allylic oxidation sites excluding steroid dienone is 2. The van der Waals surface area contributed by atoms with Gasteiger partial charge in [0.15, 0.2) is 0 Å². The number of amides is 2. The smallest absolute Gasteiger partial charge is 0.249 e. The Morgan fingerprint density at radius 1 is 0.923 bits per heavy atom. The molecule has 0 radical (unpaired) electrons. The molecule has 2 amide bonds. The van der Waals surface area contributed by atoms with E-state index in [0.29, 0.717) is 30.2 Å². The number of halogens is 1. The van der Waals surface area contributed by atoms with Crippen molar-refractivity contribution in [2.45, 2.75) is 52.7 Å². The Morgan fingerprint density at radius 2 is 1.56 bits per heavy atom. The zero-order valence-corrected chi connectivity index (χ0v) is 22.8. The molecule has 0 spiro atoms. The predicted molar refractivity (Wildman–Crippen MR) is 152 cm³/mol. The molecular weight excluding hydrogens is 495 g/mol. The number of anilines is 1. The van der Waals surface area contributed by atoms with Crippen LogP contribution in [0.15, 0.2) is 90.5 Å². The highest BCUT2D eigenvalue weighted by atomic mass is 19.1. The molecule has 0 saturated carbocycles. The second-order valence-electron chi connectivity index (χ2n) is 9.86. The van der Waals surface area contributed by atoms with Gasteiger partial charge in [-0.2, -0.15) is 0 Å². The summed E-state index contributed by atoms with van der Waals surface area (Å²) in [5.74, 6) is 0.322. The van der Waals surface area contributed by atoms with Crippen LogP contribution in [-0.2, 0) is 20.9 Å². The highest BCUT2D eigenvalue weighted by Gasteiger charge is 2.22. The second kappa shape index (κ2) is 15.4. The average molecular weight is 533 g/mol. The summed E-state index contributed by atoms with van der Waals surface area (Å²) >= 11 is 0. The van der Waals surface area contributed by atoms with Crippen LogP contribution in [0.25, 0.3) is 0 Å². The van der Waals surface area contributed by atoms with E-state index in [1.165, 1.54) is 29.8 Å². The largest absolute Gasteiger partial charge is 0.457 e. The first-order valence-electron chi connectivity index (χ1n) is 13.2. The van der Waals surface area contributed by atoms with Gasteiger partial charge in [-0.05, 0) is 86.7 Å². The summed E-state index contributed by atoms with van der Waals surface area (Å²) in [5.41, 5.74) is 2.78. The Labute approximate surface area is 230 Å². The van der Waals surface area contributed by atoms with E-state index in [1.54, 1.807) is 24.3 Å². The van der Waals surface area contributed by atoms with Crippen LogP contribution in [0.4, 0.5) is 10.1 Å². The third-order valence-corrected chi connectivity index (χ3v) is 5.96. The minimum absolute atomic E-state index is 0.0321.